The monoisotopic (exact) mass is 151 g/mol. The molecule has 1 fully saturated rings. The summed E-state index contributed by atoms with van der Waals surface area (Å²) in [6.07, 6.45) is 10.0. The third-order valence-electron chi connectivity index (χ3n) is 2.08. The van der Waals surface area contributed by atoms with E-state index in [1.165, 1.54) is 38.9 Å². The zero-order chi connectivity index (χ0) is 7.94. The summed E-state index contributed by atoms with van der Waals surface area (Å²) in [6.45, 7) is 7.47. The molecular weight excluding hydrogens is 134 g/mol. The second-order valence-electron chi connectivity index (χ2n) is 3.00. The van der Waals surface area contributed by atoms with E-state index in [4.69, 9.17) is 0 Å². The third kappa shape index (κ3) is 3.38. The number of likely N-dealkylation sites (tertiary alicyclic amines) is 1. The van der Waals surface area contributed by atoms with Crippen LogP contribution in [0.3, 0.4) is 0 Å². The second-order valence-corrected chi connectivity index (χ2v) is 3.00. The summed E-state index contributed by atoms with van der Waals surface area (Å²) in [4.78, 5) is 2.52. The maximum atomic E-state index is 3.63. The molecule has 0 radical (unpaired) electrons. The van der Waals surface area contributed by atoms with E-state index in [0.717, 1.165) is 0 Å². The van der Waals surface area contributed by atoms with Crippen LogP contribution >= 0.6 is 0 Å². The van der Waals surface area contributed by atoms with Crippen molar-refractivity contribution >= 4 is 0 Å². The summed E-state index contributed by atoms with van der Waals surface area (Å²) < 4.78 is 0. The van der Waals surface area contributed by atoms with Crippen LogP contribution in [0.5, 0.6) is 0 Å². The Morgan fingerprint density at radius 3 is 2.64 bits per heavy atom. The molecule has 0 aromatic heterocycles. The first kappa shape index (κ1) is 8.54. The molecule has 1 aliphatic rings. The van der Waals surface area contributed by atoms with Gasteiger partial charge in [0.25, 0.3) is 0 Å². The average molecular weight is 151 g/mol. The number of hydrogen-bond acceptors (Lipinski definition) is 1. The van der Waals surface area contributed by atoms with E-state index in [-0.39, 0.29) is 0 Å². The molecule has 1 rings (SSSR count). The Kier molecular flexibility index (Phi) is 3.99. The standard InChI is InChI=1S/C10H17N/c1-2-3-4-5-8-11-9-6-7-10-11/h2-4H,1,5-10H2/b4-3+. The number of nitrogens with zero attached hydrogens (tertiary/aromatic N) is 1. The molecule has 11 heavy (non-hydrogen) atoms. The molecule has 0 aliphatic carbocycles. The van der Waals surface area contributed by atoms with Crippen LogP contribution in [0.1, 0.15) is 19.3 Å². The van der Waals surface area contributed by atoms with Gasteiger partial charge in [0, 0.05) is 6.54 Å². The quantitative estimate of drug-likeness (QED) is 0.557. The first-order valence-electron chi connectivity index (χ1n) is 4.43. The largest absolute Gasteiger partial charge is 0.303 e. The van der Waals surface area contributed by atoms with Gasteiger partial charge in [0.05, 0.1) is 0 Å². The van der Waals surface area contributed by atoms with E-state index in [1.54, 1.807) is 0 Å². The molecule has 0 saturated carbocycles. The average Bonchev–Trinajstić information content (AvgIpc) is 2.50. The first-order valence-corrected chi connectivity index (χ1v) is 4.43. The van der Waals surface area contributed by atoms with Gasteiger partial charge in [-0.15, -0.1) is 0 Å². The number of rotatable bonds is 4. The summed E-state index contributed by atoms with van der Waals surface area (Å²) in [5.74, 6) is 0. The van der Waals surface area contributed by atoms with Crippen molar-refractivity contribution in [1.82, 2.24) is 4.90 Å². The highest BCUT2D eigenvalue weighted by atomic mass is 15.1. The summed E-state index contributed by atoms with van der Waals surface area (Å²) in [5, 5.41) is 0. The summed E-state index contributed by atoms with van der Waals surface area (Å²) in [7, 11) is 0. The molecule has 1 aliphatic heterocycles. The first-order chi connectivity index (χ1) is 5.43. The van der Waals surface area contributed by atoms with E-state index >= 15 is 0 Å². The zero-order valence-electron chi connectivity index (χ0n) is 7.13. The van der Waals surface area contributed by atoms with Gasteiger partial charge >= 0.3 is 0 Å². The van der Waals surface area contributed by atoms with Crippen LogP contribution < -0.4 is 0 Å². The smallest absolute Gasteiger partial charge is 0.00160 e. The molecular formula is C10H17N. The van der Waals surface area contributed by atoms with Gasteiger partial charge in [-0.2, -0.15) is 0 Å². The molecule has 0 amide bonds. The van der Waals surface area contributed by atoms with Gasteiger partial charge < -0.3 is 4.90 Å². The molecule has 0 aromatic carbocycles. The predicted molar refractivity (Wildman–Crippen MR) is 49.6 cm³/mol. The van der Waals surface area contributed by atoms with Crippen molar-refractivity contribution in [2.45, 2.75) is 19.3 Å². The molecule has 0 spiro atoms. The molecule has 0 N–H and O–H groups in total. The predicted octanol–water partition coefficient (Wildman–Crippen LogP) is 2.21. The lowest BCUT2D eigenvalue weighted by atomic mass is 10.3. The van der Waals surface area contributed by atoms with Crippen molar-refractivity contribution in [3.05, 3.63) is 24.8 Å². The fourth-order valence-corrected chi connectivity index (χ4v) is 1.46. The highest BCUT2D eigenvalue weighted by Gasteiger charge is 2.08. The Morgan fingerprint density at radius 1 is 1.27 bits per heavy atom. The van der Waals surface area contributed by atoms with Crippen LogP contribution in [0.25, 0.3) is 0 Å². The third-order valence-corrected chi connectivity index (χ3v) is 2.08. The summed E-state index contributed by atoms with van der Waals surface area (Å²) in [5.41, 5.74) is 0. The molecule has 0 unspecified atom stereocenters. The molecule has 1 nitrogen and oxygen atoms in total. The van der Waals surface area contributed by atoms with E-state index in [2.05, 4.69) is 17.6 Å². The van der Waals surface area contributed by atoms with E-state index in [9.17, 15) is 0 Å². The van der Waals surface area contributed by atoms with Gasteiger partial charge in [-0.1, -0.05) is 24.8 Å². The van der Waals surface area contributed by atoms with Crippen LogP contribution in [-0.4, -0.2) is 24.5 Å². The normalized spacial score (nSPS) is 19.6. The fourth-order valence-electron chi connectivity index (χ4n) is 1.46. The molecule has 0 bridgehead atoms. The SMILES string of the molecule is C=C/C=C/CCN1CCCC1. The van der Waals surface area contributed by atoms with Crippen LogP contribution in [0, 0.1) is 0 Å². The topological polar surface area (TPSA) is 3.24 Å². The van der Waals surface area contributed by atoms with Crippen LogP contribution in [0.2, 0.25) is 0 Å². The van der Waals surface area contributed by atoms with E-state index in [0.29, 0.717) is 0 Å². The fraction of sp³-hybridized carbons (Fsp3) is 0.600. The number of hydrogen-bond donors (Lipinski definition) is 0. The van der Waals surface area contributed by atoms with E-state index < -0.39 is 0 Å². The molecule has 0 atom stereocenters. The molecule has 62 valence electrons. The van der Waals surface area contributed by atoms with Gasteiger partial charge in [-0.25, -0.2) is 0 Å². The van der Waals surface area contributed by atoms with Crippen molar-refractivity contribution in [3.63, 3.8) is 0 Å². The van der Waals surface area contributed by atoms with Crippen LogP contribution in [0.15, 0.2) is 24.8 Å². The minimum absolute atomic E-state index is 1.17. The Balaban J connectivity index is 2.01. The van der Waals surface area contributed by atoms with Crippen LogP contribution in [-0.2, 0) is 0 Å². The second kappa shape index (κ2) is 5.14. The van der Waals surface area contributed by atoms with Crippen molar-refractivity contribution in [3.8, 4) is 0 Å². The van der Waals surface area contributed by atoms with Crippen molar-refractivity contribution < 1.29 is 0 Å². The highest BCUT2D eigenvalue weighted by Crippen LogP contribution is 2.07. The van der Waals surface area contributed by atoms with E-state index in [1.807, 2.05) is 12.2 Å². The Hall–Kier alpha value is -0.560. The molecule has 1 heterocycles. The number of allylic oxidation sites excluding steroid dienone is 2. The Bertz CT molecular complexity index is 132. The molecule has 1 heteroatoms. The lowest BCUT2D eigenvalue weighted by Gasteiger charge is -2.11. The minimum atomic E-state index is 1.17. The van der Waals surface area contributed by atoms with Gasteiger partial charge in [-0.05, 0) is 32.4 Å². The lowest BCUT2D eigenvalue weighted by Crippen LogP contribution is -2.19. The zero-order valence-corrected chi connectivity index (χ0v) is 7.13. The maximum absolute atomic E-state index is 3.63. The van der Waals surface area contributed by atoms with Crippen molar-refractivity contribution in [2.24, 2.45) is 0 Å². The van der Waals surface area contributed by atoms with Crippen molar-refractivity contribution in [1.29, 1.82) is 0 Å². The Labute approximate surface area is 69.4 Å². The van der Waals surface area contributed by atoms with Gasteiger partial charge in [0.15, 0.2) is 0 Å². The van der Waals surface area contributed by atoms with Gasteiger partial charge in [0.2, 0.25) is 0 Å². The Morgan fingerprint density at radius 2 is 2.00 bits per heavy atom. The van der Waals surface area contributed by atoms with Crippen molar-refractivity contribution in [2.75, 3.05) is 19.6 Å². The highest BCUT2D eigenvalue weighted by molar-refractivity contribution is 4.97. The molecule has 0 aromatic rings. The van der Waals surface area contributed by atoms with Crippen LogP contribution in [0.4, 0.5) is 0 Å². The minimum Gasteiger partial charge on any atom is -0.303 e. The lowest BCUT2D eigenvalue weighted by molar-refractivity contribution is 0.346. The van der Waals surface area contributed by atoms with Gasteiger partial charge in [-0.3, -0.25) is 0 Å². The van der Waals surface area contributed by atoms with Gasteiger partial charge in [0.1, 0.15) is 0 Å². The maximum Gasteiger partial charge on any atom is 0.00160 e. The summed E-state index contributed by atoms with van der Waals surface area (Å²) >= 11 is 0. The summed E-state index contributed by atoms with van der Waals surface area (Å²) in [6, 6.07) is 0. The molecule has 1 saturated heterocycles.